The average molecular weight is 466 g/mol. The van der Waals surface area contributed by atoms with Crippen molar-refractivity contribution in [1.29, 1.82) is 5.26 Å². The number of nitriles is 1. The first kappa shape index (κ1) is 21.6. The summed E-state index contributed by atoms with van der Waals surface area (Å²) in [6, 6.07) is 14.8. The van der Waals surface area contributed by atoms with Crippen LogP contribution >= 0.6 is 0 Å². The average Bonchev–Trinajstić information content (AvgIpc) is 3.34. The fourth-order valence-corrected chi connectivity index (χ4v) is 6.43. The lowest BCUT2D eigenvalue weighted by molar-refractivity contribution is -0.131. The monoisotopic (exact) mass is 465 g/mol. The zero-order valence-electron chi connectivity index (χ0n) is 19.5. The number of imidazole rings is 1. The smallest absolute Gasteiger partial charge is 0.153 e. The van der Waals surface area contributed by atoms with Crippen LogP contribution in [0.4, 0.5) is 4.39 Å². The Bertz CT molecular complexity index is 1520. The second-order valence-electron chi connectivity index (χ2n) is 9.78. The molecule has 1 N–H and O–H groups in total. The zero-order chi connectivity index (χ0) is 24.3. The number of ketones is 1. The highest BCUT2D eigenvalue weighted by Crippen LogP contribution is 2.56. The van der Waals surface area contributed by atoms with E-state index in [1.54, 1.807) is 18.5 Å². The van der Waals surface area contributed by atoms with Crippen LogP contribution in [-0.2, 0) is 16.6 Å². The van der Waals surface area contributed by atoms with E-state index in [-0.39, 0.29) is 23.4 Å². The predicted molar refractivity (Wildman–Crippen MR) is 129 cm³/mol. The molecule has 2 aromatic carbocycles. The number of rotatable bonds is 2. The van der Waals surface area contributed by atoms with Gasteiger partial charge in [0.2, 0.25) is 0 Å². The van der Waals surface area contributed by atoms with Crippen molar-refractivity contribution in [3.05, 3.63) is 77.3 Å². The molecule has 2 aliphatic carbocycles. The quantitative estimate of drug-likeness (QED) is 0.446. The first-order valence-electron chi connectivity index (χ1n) is 11.9. The summed E-state index contributed by atoms with van der Waals surface area (Å²) in [5.74, 6) is -0.772. The number of Topliss-reactive ketones (excluding diaryl/α,β-unsaturated/α-hetero) is 1. The van der Waals surface area contributed by atoms with Gasteiger partial charge in [-0.25, -0.2) is 19.3 Å². The van der Waals surface area contributed by atoms with Crippen LogP contribution in [0.15, 0.2) is 48.8 Å². The van der Waals surface area contributed by atoms with E-state index in [9.17, 15) is 14.4 Å². The number of halogens is 1. The number of H-pyrrole nitrogens is 1. The molecule has 7 heteroatoms. The number of fused-ring (bicyclic) bond motifs is 4. The van der Waals surface area contributed by atoms with Crippen molar-refractivity contribution in [2.24, 2.45) is 17.8 Å². The zero-order valence-corrected chi connectivity index (χ0v) is 19.5. The van der Waals surface area contributed by atoms with Crippen LogP contribution in [0.25, 0.3) is 22.3 Å². The third kappa shape index (κ3) is 3.13. The van der Waals surface area contributed by atoms with E-state index in [0.29, 0.717) is 12.2 Å². The Hall–Kier alpha value is -3.92. The van der Waals surface area contributed by atoms with Crippen LogP contribution in [-0.4, -0.2) is 25.7 Å². The minimum atomic E-state index is -0.739. The van der Waals surface area contributed by atoms with Gasteiger partial charge in [-0.15, -0.1) is 0 Å². The maximum absolute atomic E-state index is 14.0. The van der Waals surface area contributed by atoms with Crippen LogP contribution in [0, 0.1) is 41.8 Å². The third-order valence-electron chi connectivity index (χ3n) is 8.01. The molecule has 1 fully saturated rings. The van der Waals surface area contributed by atoms with E-state index in [1.165, 1.54) is 12.1 Å². The van der Waals surface area contributed by atoms with E-state index in [2.05, 4.69) is 16.0 Å². The van der Waals surface area contributed by atoms with Gasteiger partial charge < -0.3 is 4.98 Å². The molecule has 0 saturated heterocycles. The number of nitrogens with one attached hydrogen (secondary N) is 1. The highest BCUT2D eigenvalue weighted by molar-refractivity contribution is 5.88. The lowest BCUT2D eigenvalue weighted by atomic mass is 9.50. The summed E-state index contributed by atoms with van der Waals surface area (Å²) < 4.78 is 14.0. The van der Waals surface area contributed by atoms with Gasteiger partial charge in [0.05, 0.1) is 34.8 Å². The Morgan fingerprint density at radius 3 is 2.74 bits per heavy atom. The second-order valence-corrected chi connectivity index (χ2v) is 9.78. The van der Waals surface area contributed by atoms with Gasteiger partial charge in [0.25, 0.3) is 0 Å². The molecule has 0 spiro atoms. The highest BCUT2D eigenvalue weighted by atomic mass is 19.1. The Labute approximate surface area is 202 Å². The molecule has 0 bridgehead atoms. The van der Waals surface area contributed by atoms with Crippen LogP contribution in [0.2, 0.25) is 0 Å². The topological polar surface area (TPSA) is 95.3 Å². The predicted octanol–water partition coefficient (Wildman–Crippen LogP) is 5.06. The lowest BCUT2D eigenvalue weighted by Gasteiger charge is -2.51. The highest BCUT2D eigenvalue weighted by Gasteiger charge is 2.56. The van der Waals surface area contributed by atoms with Gasteiger partial charge in [0.15, 0.2) is 5.78 Å². The molecule has 0 amide bonds. The molecule has 2 aliphatic rings. The van der Waals surface area contributed by atoms with Crippen molar-refractivity contribution in [2.75, 3.05) is 0 Å². The molecule has 174 valence electrons. The van der Waals surface area contributed by atoms with Crippen LogP contribution in [0.5, 0.6) is 0 Å². The van der Waals surface area contributed by atoms with Gasteiger partial charge in [-0.1, -0.05) is 25.1 Å². The summed E-state index contributed by atoms with van der Waals surface area (Å²) in [6.45, 7) is 3.80. The number of aryl methyl sites for hydroxylation is 1. The molecule has 6 rings (SSSR count). The first-order chi connectivity index (χ1) is 16.9. The Morgan fingerprint density at radius 2 is 1.97 bits per heavy atom. The van der Waals surface area contributed by atoms with Crippen LogP contribution in [0.3, 0.4) is 0 Å². The first-order valence-corrected chi connectivity index (χ1v) is 11.9. The summed E-state index contributed by atoms with van der Waals surface area (Å²) in [5, 5.41) is 9.92. The van der Waals surface area contributed by atoms with E-state index in [4.69, 9.17) is 9.97 Å². The standard InChI is InChI=1S/C28H24FN5O/c1-15-22-9-8-21-25(17-3-10-23-24(11-17)32-14-31-23)33-16(2)34-27(21)28(22,12-18(13-30)26(15)35)19-4-6-20(29)7-5-19/h3-7,10-11,14-15,18,22H,8-9,12H2,1-2H3,(H,31,32)/t15-,18?,22-,28+/m0/s1. The summed E-state index contributed by atoms with van der Waals surface area (Å²) in [4.78, 5) is 30.5. The van der Waals surface area contributed by atoms with Gasteiger partial charge >= 0.3 is 0 Å². The molecule has 6 nitrogen and oxygen atoms in total. The molecule has 1 unspecified atom stereocenters. The van der Waals surface area contributed by atoms with Crippen molar-refractivity contribution >= 4 is 16.8 Å². The van der Waals surface area contributed by atoms with Crippen molar-refractivity contribution < 1.29 is 9.18 Å². The van der Waals surface area contributed by atoms with Gasteiger partial charge in [0.1, 0.15) is 17.6 Å². The van der Waals surface area contributed by atoms with Crippen molar-refractivity contribution in [1.82, 2.24) is 19.9 Å². The molecular formula is C28H24FN5O. The van der Waals surface area contributed by atoms with E-state index in [0.717, 1.165) is 52.0 Å². The van der Waals surface area contributed by atoms with E-state index >= 15 is 0 Å². The fourth-order valence-electron chi connectivity index (χ4n) is 6.43. The van der Waals surface area contributed by atoms with Crippen LogP contribution < -0.4 is 0 Å². The number of aromatic nitrogens is 4. The number of hydrogen-bond acceptors (Lipinski definition) is 5. The van der Waals surface area contributed by atoms with E-state index < -0.39 is 11.3 Å². The molecule has 2 heterocycles. The van der Waals surface area contributed by atoms with Gasteiger partial charge in [-0.3, -0.25) is 4.79 Å². The number of carbonyl (C=O) groups excluding carboxylic acids is 1. The molecule has 35 heavy (non-hydrogen) atoms. The second kappa shape index (κ2) is 7.81. The SMILES string of the molecule is Cc1nc(-c2ccc3[nH]cnc3c2)c2c(n1)[C@@]1(c3ccc(F)cc3)CC(C#N)C(=O)[C@@H](C)[C@@H]1CC2. The number of carbonyl (C=O) groups is 1. The summed E-state index contributed by atoms with van der Waals surface area (Å²) in [6.07, 6.45) is 3.50. The van der Waals surface area contributed by atoms with Crippen molar-refractivity contribution in [3.8, 4) is 17.3 Å². The largest absolute Gasteiger partial charge is 0.345 e. The third-order valence-corrected chi connectivity index (χ3v) is 8.01. The number of hydrogen-bond donors (Lipinski definition) is 1. The Kier molecular flexibility index (Phi) is 4.82. The summed E-state index contributed by atoms with van der Waals surface area (Å²) >= 11 is 0. The lowest BCUT2D eigenvalue weighted by Crippen LogP contribution is -2.53. The number of nitrogens with zero attached hydrogens (tertiary/aromatic N) is 4. The minimum Gasteiger partial charge on any atom is -0.345 e. The minimum absolute atomic E-state index is 0.00586. The van der Waals surface area contributed by atoms with Gasteiger partial charge in [-0.05, 0) is 61.9 Å². The molecular weight excluding hydrogens is 441 g/mol. The van der Waals surface area contributed by atoms with Gasteiger partial charge in [0, 0.05) is 22.5 Å². The van der Waals surface area contributed by atoms with Gasteiger partial charge in [-0.2, -0.15) is 5.26 Å². The summed E-state index contributed by atoms with van der Waals surface area (Å²) in [7, 11) is 0. The molecule has 0 aliphatic heterocycles. The fraction of sp³-hybridized carbons (Fsp3) is 0.321. The van der Waals surface area contributed by atoms with E-state index in [1.807, 2.05) is 32.0 Å². The number of benzene rings is 2. The molecule has 4 atom stereocenters. The maximum Gasteiger partial charge on any atom is 0.153 e. The number of aromatic amines is 1. The van der Waals surface area contributed by atoms with Crippen LogP contribution in [0.1, 0.15) is 42.4 Å². The maximum atomic E-state index is 14.0. The Morgan fingerprint density at radius 1 is 1.17 bits per heavy atom. The molecule has 4 aromatic rings. The molecule has 0 radical (unpaired) electrons. The normalized spacial score (nSPS) is 25.7. The Balaban J connectivity index is 1.64. The van der Waals surface area contributed by atoms with Crippen molar-refractivity contribution in [3.63, 3.8) is 0 Å². The molecule has 1 saturated carbocycles. The van der Waals surface area contributed by atoms with Crippen molar-refractivity contribution in [2.45, 2.75) is 38.5 Å². The molecule has 2 aromatic heterocycles. The summed E-state index contributed by atoms with van der Waals surface area (Å²) in [5.41, 5.74) is 5.74.